The molecule has 0 aromatic heterocycles. The topological polar surface area (TPSA) is 66.4 Å². The Morgan fingerprint density at radius 2 is 2.19 bits per heavy atom. The van der Waals surface area contributed by atoms with Crippen molar-refractivity contribution in [1.82, 2.24) is 4.72 Å². The second kappa shape index (κ2) is 6.80. The minimum atomic E-state index is -3.58. The SMILES string of the molecule is CC1CC1CNS(=O)(=O)c1ccc(C#CCCO)cc1Cl. The molecule has 1 aliphatic carbocycles. The number of benzene rings is 1. The van der Waals surface area contributed by atoms with E-state index in [0.29, 0.717) is 30.4 Å². The van der Waals surface area contributed by atoms with Gasteiger partial charge in [-0.3, -0.25) is 0 Å². The highest BCUT2D eigenvalue weighted by atomic mass is 35.5. The standard InChI is InChI=1S/C15H18ClNO3S/c1-11-8-13(11)10-17-21(19,20)15-6-5-12(9-14(15)16)4-2-3-7-18/h5-6,9,11,13,17-18H,3,7-8,10H2,1H3. The zero-order chi connectivity index (χ0) is 15.5. The monoisotopic (exact) mass is 327 g/mol. The van der Waals surface area contributed by atoms with Gasteiger partial charge in [0.25, 0.3) is 0 Å². The van der Waals surface area contributed by atoms with Crippen molar-refractivity contribution in [2.45, 2.75) is 24.7 Å². The molecule has 0 amide bonds. The fraction of sp³-hybridized carbons (Fsp3) is 0.467. The Kier molecular flexibility index (Phi) is 5.28. The first-order valence-electron chi connectivity index (χ1n) is 6.83. The molecule has 0 bridgehead atoms. The lowest BCUT2D eigenvalue weighted by atomic mass is 10.2. The minimum absolute atomic E-state index is 0.00327. The van der Waals surface area contributed by atoms with E-state index in [1.54, 1.807) is 6.07 Å². The molecule has 2 unspecified atom stereocenters. The van der Waals surface area contributed by atoms with Crippen molar-refractivity contribution >= 4 is 21.6 Å². The molecule has 0 aliphatic heterocycles. The third-order valence-corrected chi connectivity index (χ3v) is 5.41. The van der Waals surface area contributed by atoms with Crippen LogP contribution >= 0.6 is 11.6 Å². The zero-order valence-electron chi connectivity index (χ0n) is 11.8. The maximum atomic E-state index is 12.2. The molecule has 0 heterocycles. The Hall–Kier alpha value is -1.06. The second-order valence-corrected chi connectivity index (χ2v) is 7.39. The van der Waals surface area contributed by atoms with Crippen LogP contribution in [0, 0.1) is 23.7 Å². The summed E-state index contributed by atoms with van der Waals surface area (Å²) >= 11 is 6.05. The highest BCUT2D eigenvalue weighted by Gasteiger charge is 2.33. The maximum Gasteiger partial charge on any atom is 0.242 e. The van der Waals surface area contributed by atoms with E-state index in [0.717, 1.165) is 6.42 Å². The molecule has 2 rings (SSSR count). The summed E-state index contributed by atoms with van der Waals surface area (Å²) in [6.07, 6.45) is 1.44. The molecule has 1 aromatic carbocycles. The maximum absolute atomic E-state index is 12.2. The van der Waals surface area contributed by atoms with E-state index in [2.05, 4.69) is 23.5 Å². The van der Waals surface area contributed by atoms with Crippen molar-refractivity contribution in [1.29, 1.82) is 0 Å². The number of aliphatic hydroxyl groups excluding tert-OH is 1. The molecule has 0 spiro atoms. The van der Waals surface area contributed by atoms with Crippen molar-refractivity contribution < 1.29 is 13.5 Å². The average Bonchev–Trinajstić information content (AvgIpc) is 3.13. The molecule has 2 N–H and O–H groups in total. The molecule has 1 fully saturated rings. The third-order valence-electron chi connectivity index (χ3n) is 3.50. The molecule has 6 heteroatoms. The zero-order valence-corrected chi connectivity index (χ0v) is 13.3. The van der Waals surface area contributed by atoms with Crippen LogP contribution in [0.3, 0.4) is 0 Å². The summed E-state index contributed by atoms with van der Waals surface area (Å²) in [6.45, 7) is 2.56. The Labute approximate surface area is 130 Å². The molecule has 4 nitrogen and oxygen atoms in total. The third kappa shape index (κ3) is 4.45. The van der Waals surface area contributed by atoms with Crippen molar-refractivity contribution in [3.63, 3.8) is 0 Å². The highest BCUT2D eigenvalue weighted by Crippen LogP contribution is 2.37. The van der Waals surface area contributed by atoms with Crippen LogP contribution in [-0.2, 0) is 10.0 Å². The van der Waals surface area contributed by atoms with Crippen molar-refractivity contribution in [2.75, 3.05) is 13.2 Å². The van der Waals surface area contributed by atoms with Gasteiger partial charge in [-0.25, -0.2) is 13.1 Å². The highest BCUT2D eigenvalue weighted by molar-refractivity contribution is 7.89. The van der Waals surface area contributed by atoms with Crippen LogP contribution in [0.2, 0.25) is 5.02 Å². The number of rotatable bonds is 5. The molecule has 1 saturated carbocycles. The van der Waals surface area contributed by atoms with Crippen molar-refractivity contribution in [3.05, 3.63) is 28.8 Å². The van der Waals surface area contributed by atoms with Crippen LogP contribution in [0.1, 0.15) is 25.3 Å². The van der Waals surface area contributed by atoms with Gasteiger partial charge in [-0.1, -0.05) is 30.4 Å². The molecule has 21 heavy (non-hydrogen) atoms. The van der Waals surface area contributed by atoms with Crippen LogP contribution < -0.4 is 4.72 Å². The van der Waals surface area contributed by atoms with E-state index >= 15 is 0 Å². The normalized spacial score (nSPS) is 20.7. The predicted molar refractivity (Wildman–Crippen MR) is 82.5 cm³/mol. The number of aliphatic hydroxyl groups is 1. The summed E-state index contributed by atoms with van der Waals surface area (Å²) in [4.78, 5) is 0.0742. The van der Waals surface area contributed by atoms with E-state index in [4.69, 9.17) is 16.7 Å². The van der Waals surface area contributed by atoms with Crippen molar-refractivity contribution in [2.24, 2.45) is 11.8 Å². The molecular formula is C15H18ClNO3S. The molecular weight excluding hydrogens is 310 g/mol. The van der Waals surface area contributed by atoms with Gasteiger partial charge < -0.3 is 5.11 Å². The second-order valence-electron chi connectivity index (χ2n) is 5.25. The van der Waals surface area contributed by atoms with Crippen molar-refractivity contribution in [3.8, 4) is 11.8 Å². The van der Waals surface area contributed by atoms with E-state index in [9.17, 15) is 8.42 Å². The van der Waals surface area contributed by atoms with E-state index in [1.165, 1.54) is 12.1 Å². The lowest BCUT2D eigenvalue weighted by Crippen LogP contribution is -2.26. The van der Waals surface area contributed by atoms with E-state index in [-0.39, 0.29) is 16.5 Å². The van der Waals surface area contributed by atoms with E-state index in [1.807, 2.05) is 0 Å². The molecule has 0 radical (unpaired) electrons. The van der Waals surface area contributed by atoms with E-state index < -0.39 is 10.0 Å². The average molecular weight is 328 g/mol. The number of halogens is 1. The number of hydrogen-bond acceptors (Lipinski definition) is 3. The first-order chi connectivity index (χ1) is 9.94. The van der Waals surface area contributed by atoms with Gasteiger partial charge in [-0.15, -0.1) is 0 Å². The number of hydrogen-bond donors (Lipinski definition) is 2. The summed E-state index contributed by atoms with van der Waals surface area (Å²) in [5.41, 5.74) is 0.628. The van der Waals surface area contributed by atoms with Gasteiger partial charge in [-0.2, -0.15) is 0 Å². The van der Waals surface area contributed by atoms with Gasteiger partial charge in [0.05, 0.1) is 11.6 Å². The smallest absolute Gasteiger partial charge is 0.242 e. The first-order valence-corrected chi connectivity index (χ1v) is 8.69. The fourth-order valence-electron chi connectivity index (χ4n) is 1.99. The molecule has 1 aliphatic rings. The van der Waals surface area contributed by atoms with Crippen LogP contribution in [0.25, 0.3) is 0 Å². The van der Waals surface area contributed by atoms with Gasteiger partial charge in [0.2, 0.25) is 10.0 Å². The van der Waals surface area contributed by atoms with Gasteiger partial charge >= 0.3 is 0 Å². The lowest BCUT2D eigenvalue weighted by Gasteiger charge is -2.08. The Bertz CT molecular complexity index is 676. The predicted octanol–water partition coefficient (Wildman–Crippen LogP) is 2.01. The molecule has 0 saturated heterocycles. The fourth-order valence-corrected chi connectivity index (χ4v) is 3.63. The summed E-state index contributed by atoms with van der Waals surface area (Å²) in [6, 6.07) is 4.61. The van der Waals surface area contributed by atoms with Crippen LogP contribution in [-0.4, -0.2) is 26.7 Å². The molecule has 114 valence electrons. The Morgan fingerprint density at radius 3 is 2.76 bits per heavy atom. The Morgan fingerprint density at radius 1 is 1.48 bits per heavy atom. The summed E-state index contributed by atoms with van der Waals surface area (Å²) in [5.74, 6) is 6.61. The summed E-state index contributed by atoms with van der Waals surface area (Å²) < 4.78 is 27.0. The summed E-state index contributed by atoms with van der Waals surface area (Å²) in [5, 5.41) is 8.82. The van der Waals surface area contributed by atoms with Crippen LogP contribution in [0.5, 0.6) is 0 Å². The summed E-state index contributed by atoms with van der Waals surface area (Å²) in [7, 11) is -3.58. The Balaban J connectivity index is 2.10. The van der Waals surface area contributed by atoms with Gasteiger partial charge in [0.15, 0.2) is 0 Å². The number of sulfonamides is 1. The largest absolute Gasteiger partial charge is 0.395 e. The quantitative estimate of drug-likeness (QED) is 0.813. The van der Waals surface area contributed by atoms with Crippen LogP contribution in [0.15, 0.2) is 23.1 Å². The first kappa shape index (κ1) is 16.3. The van der Waals surface area contributed by atoms with Gasteiger partial charge in [0.1, 0.15) is 4.90 Å². The number of nitrogens with one attached hydrogen (secondary N) is 1. The van der Waals surface area contributed by atoms with Gasteiger partial charge in [-0.05, 0) is 36.5 Å². The molecule has 1 aromatic rings. The molecule has 2 atom stereocenters. The van der Waals surface area contributed by atoms with Gasteiger partial charge in [0, 0.05) is 18.5 Å². The minimum Gasteiger partial charge on any atom is -0.395 e. The van der Waals surface area contributed by atoms with Crippen LogP contribution in [0.4, 0.5) is 0 Å². The lowest BCUT2D eigenvalue weighted by molar-refractivity contribution is 0.305.